The largest absolute Gasteiger partial charge is 0.483 e. The molecule has 0 radical (unpaired) electrons. The van der Waals surface area contributed by atoms with Crippen LogP contribution in [0.2, 0.25) is 0 Å². The van der Waals surface area contributed by atoms with E-state index in [-0.39, 0.29) is 25.3 Å². The zero-order chi connectivity index (χ0) is 18.6. The topological polar surface area (TPSA) is 130 Å². The molecule has 138 valence electrons. The number of hydrogen-bond donors (Lipinski definition) is 3. The standard InChI is InChI=1S/C13H24N4O3S.CH2O2/c1-11(2)13-15-8-10-17(13)9-4-6-14-12(18)5-7-16-21(3,19)20;2-1-3/h8,10-11,16H,4-7,9H2,1-3H3,(H,14,18);1H,(H,2,3). The highest BCUT2D eigenvalue weighted by molar-refractivity contribution is 7.88. The van der Waals surface area contributed by atoms with E-state index in [1.807, 2.05) is 6.20 Å². The van der Waals surface area contributed by atoms with E-state index in [1.54, 1.807) is 6.20 Å². The highest BCUT2D eigenvalue weighted by atomic mass is 32.2. The molecule has 24 heavy (non-hydrogen) atoms. The van der Waals surface area contributed by atoms with Crippen molar-refractivity contribution in [2.45, 2.75) is 39.2 Å². The van der Waals surface area contributed by atoms with E-state index >= 15 is 0 Å². The summed E-state index contributed by atoms with van der Waals surface area (Å²) in [5, 5.41) is 9.66. The Bertz CT molecular complexity index is 598. The number of carbonyl (C=O) groups excluding carboxylic acids is 1. The minimum Gasteiger partial charge on any atom is -0.483 e. The van der Waals surface area contributed by atoms with Crippen LogP contribution < -0.4 is 10.0 Å². The van der Waals surface area contributed by atoms with E-state index < -0.39 is 10.0 Å². The fourth-order valence-electron chi connectivity index (χ4n) is 1.93. The number of carbonyl (C=O) groups is 2. The summed E-state index contributed by atoms with van der Waals surface area (Å²) >= 11 is 0. The Morgan fingerprint density at radius 1 is 1.42 bits per heavy atom. The molecule has 1 heterocycles. The normalized spacial score (nSPS) is 10.8. The lowest BCUT2D eigenvalue weighted by Gasteiger charge is -2.10. The van der Waals surface area contributed by atoms with Gasteiger partial charge >= 0.3 is 0 Å². The summed E-state index contributed by atoms with van der Waals surface area (Å²) in [7, 11) is -3.23. The van der Waals surface area contributed by atoms with Crippen LogP contribution in [0.4, 0.5) is 0 Å². The third-order valence-corrected chi connectivity index (χ3v) is 3.61. The molecule has 1 rings (SSSR count). The number of amides is 1. The molecule has 0 saturated carbocycles. The number of nitrogens with one attached hydrogen (secondary N) is 2. The molecular formula is C14H26N4O5S. The third kappa shape index (κ3) is 10.7. The zero-order valence-electron chi connectivity index (χ0n) is 14.2. The molecule has 0 bridgehead atoms. The molecule has 0 saturated heterocycles. The van der Waals surface area contributed by atoms with Crippen molar-refractivity contribution in [3.05, 3.63) is 18.2 Å². The van der Waals surface area contributed by atoms with Crippen LogP contribution in [0.3, 0.4) is 0 Å². The van der Waals surface area contributed by atoms with Gasteiger partial charge in [-0.05, 0) is 6.42 Å². The number of aryl methyl sites for hydroxylation is 1. The van der Waals surface area contributed by atoms with Crippen molar-refractivity contribution in [1.29, 1.82) is 0 Å². The number of sulfonamides is 1. The number of hydrogen-bond acceptors (Lipinski definition) is 5. The lowest BCUT2D eigenvalue weighted by Crippen LogP contribution is -2.31. The van der Waals surface area contributed by atoms with Gasteiger partial charge in [0.15, 0.2) is 0 Å². The second kappa shape index (κ2) is 11.6. The van der Waals surface area contributed by atoms with Crippen LogP contribution in [0.5, 0.6) is 0 Å². The molecule has 0 aliphatic carbocycles. The predicted molar refractivity (Wildman–Crippen MR) is 90.1 cm³/mol. The van der Waals surface area contributed by atoms with Crippen LogP contribution in [0, 0.1) is 0 Å². The molecule has 0 atom stereocenters. The molecule has 9 nitrogen and oxygen atoms in total. The summed E-state index contributed by atoms with van der Waals surface area (Å²) in [6, 6.07) is 0. The predicted octanol–water partition coefficient (Wildman–Crippen LogP) is 0.153. The Kier molecular flexibility index (Phi) is 10.6. The number of aromatic nitrogens is 2. The molecule has 1 aromatic heterocycles. The Balaban J connectivity index is 0.00000163. The molecule has 0 spiro atoms. The van der Waals surface area contributed by atoms with E-state index in [0.717, 1.165) is 25.0 Å². The minimum atomic E-state index is -3.23. The van der Waals surface area contributed by atoms with E-state index in [9.17, 15) is 13.2 Å². The molecular weight excluding hydrogens is 336 g/mol. The van der Waals surface area contributed by atoms with Gasteiger partial charge in [0.2, 0.25) is 15.9 Å². The van der Waals surface area contributed by atoms with Gasteiger partial charge in [0.25, 0.3) is 6.47 Å². The maximum atomic E-state index is 11.5. The quantitative estimate of drug-likeness (QED) is 0.423. The van der Waals surface area contributed by atoms with Crippen molar-refractivity contribution < 1.29 is 23.1 Å². The van der Waals surface area contributed by atoms with Gasteiger partial charge < -0.3 is 15.0 Å². The Hall–Kier alpha value is -1.94. The Morgan fingerprint density at radius 3 is 2.58 bits per heavy atom. The van der Waals surface area contributed by atoms with Gasteiger partial charge in [-0.25, -0.2) is 18.1 Å². The van der Waals surface area contributed by atoms with Crippen LogP contribution in [-0.2, 0) is 26.2 Å². The highest BCUT2D eigenvalue weighted by Crippen LogP contribution is 2.11. The molecule has 0 unspecified atom stereocenters. The highest BCUT2D eigenvalue weighted by Gasteiger charge is 2.07. The summed E-state index contributed by atoms with van der Waals surface area (Å²) < 4.78 is 26.0. The second-order valence-electron chi connectivity index (χ2n) is 5.36. The monoisotopic (exact) mass is 362 g/mol. The van der Waals surface area contributed by atoms with Crippen LogP contribution in [0.25, 0.3) is 0 Å². The molecule has 0 fully saturated rings. The van der Waals surface area contributed by atoms with Crippen molar-refractivity contribution in [3.8, 4) is 0 Å². The number of rotatable bonds is 9. The summed E-state index contributed by atoms with van der Waals surface area (Å²) in [5.41, 5.74) is 0. The van der Waals surface area contributed by atoms with Gasteiger partial charge in [0, 0.05) is 44.4 Å². The van der Waals surface area contributed by atoms with Crippen LogP contribution in [-0.4, -0.2) is 54.8 Å². The van der Waals surface area contributed by atoms with Crippen LogP contribution in [0.1, 0.15) is 38.4 Å². The summed E-state index contributed by atoms with van der Waals surface area (Å²) in [6.45, 7) is 5.43. The maximum Gasteiger partial charge on any atom is 0.290 e. The molecule has 3 N–H and O–H groups in total. The molecule has 1 aromatic rings. The second-order valence-corrected chi connectivity index (χ2v) is 7.19. The fraction of sp³-hybridized carbons (Fsp3) is 0.643. The van der Waals surface area contributed by atoms with Crippen LogP contribution >= 0.6 is 0 Å². The SMILES string of the molecule is CC(C)c1nccn1CCCNC(=O)CCNS(C)(=O)=O.O=CO. The van der Waals surface area contributed by atoms with Crippen molar-refractivity contribution in [1.82, 2.24) is 19.6 Å². The van der Waals surface area contributed by atoms with E-state index in [0.29, 0.717) is 12.5 Å². The minimum absolute atomic E-state index is 0.129. The number of nitrogens with zero attached hydrogens (tertiary/aromatic N) is 2. The first kappa shape index (κ1) is 22.1. The molecule has 1 amide bonds. The number of carboxylic acid groups (broad SMARTS) is 1. The van der Waals surface area contributed by atoms with Gasteiger partial charge in [-0.1, -0.05) is 13.8 Å². The Labute approximate surface area is 142 Å². The van der Waals surface area contributed by atoms with Crippen molar-refractivity contribution in [3.63, 3.8) is 0 Å². The molecule has 10 heteroatoms. The molecule has 0 aliphatic heterocycles. The van der Waals surface area contributed by atoms with E-state index in [4.69, 9.17) is 9.90 Å². The van der Waals surface area contributed by atoms with Crippen molar-refractivity contribution in [2.24, 2.45) is 0 Å². The fourth-order valence-corrected chi connectivity index (χ4v) is 2.40. The van der Waals surface area contributed by atoms with E-state index in [1.165, 1.54) is 0 Å². The Morgan fingerprint density at radius 2 is 2.04 bits per heavy atom. The summed E-state index contributed by atoms with van der Waals surface area (Å²) in [5.74, 6) is 1.26. The first-order valence-corrected chi connectivity index (χ1v) is 9.40. The zero-order valence-corrected chi connectivity index (χ0v) is 15.0. The smallest absolute Gasteiger partial charge is 0.290 e. The lowest BCUT2D eigenvalue weighted by molar-refractivity contribution is -0.123. The lowest BCUT2D eigenvalue weighted by atomic mass is 10.2. The molecule has 0 aliphatic rings. The van der Waals surface area contributed by atoms with Crippen molar-refractivity contribution in [2.75, 3.05) is 19.3 Å². The van der Waals surface area contributed by atoms with Gasteiger partial charge in [0.1, 0.15) is 5.82 Å². The van der Waals surface area contributed by atoms with Gasteiger partial charge in [-0.3, -0.25) is 9.59 Å². The van der Waals surface area contributed by atoms with Crippen molar-refractivity contribution >= 4 is 22.4 Å². The van der Waals surface area contributed by atoms with Gasteiger partial charge in [-0.15, -0.1) is 0 Å². The van der Waals surface area contributed by atoms with Crippen LogP contribution in [0.15, 0.2) is 12.4 Å². The van der Waals surface area contributed by atoms with E-state index in [2.05, 4.69) is 33.4 Å². The molecule has 0 aromatic carbocycles. The first-order chi connectivity index (χ1) is 11.2. The first-order valence-electron chi connectivity index (χ1n) is 7.51. The summed E-state index contributed by atoms with van der Waals surface area (Å²) in [4.78, 5) is 24.2. The van der Waals surface area contributed by atoms with Gasteiger partial charge in [-0.2, -0.15) is 0 Å². The maximum absolute atomic E-state index is 11.5. The average Bonchev–Trinajstić information content (AvgIpc) is 2.91. The number of imidazole rings is 1. The average molecular weight is 362 g/mol. The summed E-state index contributed by atoms with van der Waals surface area (Å²) in [6.07, 6.45) is 5.75. The van der Waals surface area contributed by atoms with Gasteiger partial charge in [0.05, 0.1) is 6.26 Å². The third-order valence-electron chi connectivity index (χ3n) is 2.88.